The quantitative estimate of drug-likeness (QED) is 0.485. The van der Waals surface area contributed by atoms with Crippen molar-refractivity contribution in [2.24, 2.45) is 17.8 Å². The average molecular weight is 326 g/mol. The van der Waals surface area contributed by atoms with Crippen LogP contribution in [0.25, 0.3) is 5.53 Å². The minimum absolute atomic E-state index is 0.227. The minimum Gasteiger partial charge on any atom is -0.497 e. The number of carbonyl (C=O) groups excluding carboxylic acids is 1. The van der Waals surface area contributed by atoms with Gasteiger partial charge in [0, 0.05) is 12.8 Å². The van der Waals surface area contributed by atoms with Crippen molar-refractivity contribution in [2.75, 3.05) is 7.11 Å². The summed E-state index contributed by atoms with van der Waals surface area (Å²) in [7, 11) is 1.62. The lowest BCUT2D eigenvalue weighted by Gasteiger charge is -2.52. The SMILES string of the molecule is COc1ccc(CC(=O)OC23CC4CC(CC(C4)C2=[N+]=[N-])C3)cc1. The van der Waals surface area contributed by atoms with Gasteiger partial charge in [-0.05, 0) is 48.8 Å². The van der Waals surface area contributed by atoms with Gasteiger partial charge in [0.25, 0.3) is 0 Å². The third kappa shape index (κ3) is 2.53. The number of carbonyl (C=O) groups is 1. The van der Waals surface area contributed by atoms with Crippen molar-refractivity contribution in [3.05, 3.63) is 35.4 Å². The Balaban J connectivity index is 1.50. The van der Waals surface area contributed by atoms with Crippen molar-refractivity contribution >= 4 is 11.7 Å². The fraction of sp³-hybridized carbons (Fsp3) is 0.579. The van der Waals surface area contributed by atoms with Gasteiger partial charge >= 0.3 is 11.7 Å². The molecule has 4 aliphatic carbocycles. The third-order valence-corrected chi connectivity index (χ3v) is 5.92. The summed E-state index contributed by atoms with van der Waals surface area (Å²) in [6.45, 7) is 0. The van der Waals surface area contributed by atoms with Crippen LogP contribution in [0.1, 0.15) is 37.7 Å². The molecule has 0 aromatic heterocycles. The molecule has 126 valence electrons. The fourth-order valence-electron chi connectivity index (χ4n) is 5.19. The van der Waals surface area contributed by atoms with E-state index in [2.05, 4.69) is 4.79 Å². The summed E-state index contributed by atoms with van der Waals surface area (Å²) in [5.41, 5.74) is 10.4. The van der Waals surface area contributed by atoms with Gasteiger partial charge in [-0.25, -0.2) is 0 Å². The highest BCUT2D eigenvalue weighted by Gasteiger charge is 2.62. The van der Waals surface area contributed by atoms with E-state index >= 15 is 0 Å². The molecule has 2 atom stereocenters. The largest absolute Gasteiger partial charge is 0.497 e. The number of rotatable bonds is 4. The van der Waals surface area contributed by atoms with Crippen LogP contribution in [-0.4, -0.2) is 29.2 Å². The Hall–Kier alpha value is -2.13. The highest BCUT2D eigenvalue weighted by Crippen LogP contribution is 2.55. The molecule has 0 N–H and O–H groups in total. The Labute approximate surface area is 141 Å². The van der Waals surface area contributed by atoms with Gasteiger partial charge in [0.2, 0.25) is 5.60 Å². The van der Waals surface area contributed by atoms with Gasteiger partial charge in [-0.1, -0.05) is 12.1 Å². The zero-order valence-electron chi connectivity index (χ0n) is 13.9. The van der Waals surface area contributed by atoms with Crippen LogP contribution in [0, 0.1) is 17.8 Å². The van der Waals surface area contributed by atoms with E-state index in [1.165, 1.54) is 6.42 Å². The molecule has 24 heavy (non-hydrogen) atoms. The molecule has 4 saturated carbocycles. The van der Waals surface area contributed by atoms with Crippen molar-refractivity contribution in [1.82, 2.24) is 0 Å². The standard InChI is InChI=1S/C19H22N2O3/c1-23-16-4-2-12(3-5-16)9-17(22)24-19-10-13-6-14(11-19)8-15(7-13)18(19)21-20/h2-5,13-15H,6-11H2,1H3. The van der Waals surface area contributed by atoms with E-state index in [1.807, 2.05) is 24.3 Å². The van der Waals surface area contributed by atoms with Crippen molar-refractivity contribution in [1.29, 1.82) is 0 Å². The predicted octanol–water partition coefficient (Wildman–Crippen LogP) is 3.03. The monoisotopic (exact) mass is 326 g/mol. The van der Waals surface area contributed by atoms with Crippen LogP contribution >= 0.6 is 0 Å². The second-order valence-corrected chi connectivity index (χ2v) is 7.52. The molecule has 4 fully saturated rings. The molecule has 0 heterocycles. The van der Waals surface area contributed by atoms with E-state index in [1.54, 1.807) is 7.11 Å². The summed E-state index contributed by atoms with van der Waals surface area (Å²) in [6.07, 6.45) is 5.24. The lowest BCUT2D eigenvalue weighted by atomic mass is 9.53. The second kappa shape index (κ2) is 5.75. The molecule has 0 aliphatic heterocycles. The number of esters is 1. The Kier molecular flexibility index (Phi) is 3.69. The Morgan fingerprint density at radius 2 is 1.88 bits per heavy atom. The van der Waals surface area contributed by atoms with E-state index in [0.29, 0.717) is 17.5 Å². The van der Waals surface area contributed by atoms with Crippen LogP contribution in [0.2, 0.25) is 0 Å². The first-order chi connectivity index (χ1) is 11.6. The highest BCUT2D eigenvalue weighted by molar-refractivity contribution is 5.94. The number of nitrogens with zero attached hydrogens (tertiary/aromatic N) is 2. The minimum atomic E-state index is -0.660. The number of benzene rings is 1. The summed E-state index contributed by atoms with van der Waals surface area (Å²) in [4.78, 5) is 16.1. The molecule has 0 radical (unpaired) electrons. The van der Waals surface area contributed by atoms with Gasteiger partial charge in [0.1, 0.15) is 5.75 Å². The summed E-state index contributed by atoms with van der Waals surface area (Å²) in [6, 6.07) is 7.43. The molecule has 4 aliphatic rings. The van der Waals surface area contributed by atoms with E-state index in [0.717, 1.165) is 37.0 Å². The first-order valence-corrected chi connectivity index (χ1v) is 8.69. The molecule has 0 saturated heterocycles. The average Bonchev–Trinajstić information content (AvgIpc) is 2.54. The molecular weight excluding hydrogens is 304 g/mol. The van der Waals surface area contributed by atoms with Crippen molar-refractivity contribution in [3.63, 3.8) is 0 Å². The number of hydrogen-bond acceptors (Lipinski definition) is 3. The van der Waals surface area contributed by atoms with E-state index in [4.69, 9.17) is 9.47 Å². The molecule has 5 rings (SSSR count). The van der Waals surface area contributed by atoms with Crippen LogP contribution < -0.4 is 4.74 Å². The zero-order valence-corrected chi connectivity index (χ0v) is 13.9. The fourth-order valence-corrected chi connectivity index (χ4v) is 5.19. The first kappa shape index (κ1) is 15.4. The summed E-state index contributed by atoms with van der Waals surface area (Å²) >= 11 is 0. The lowest BCUT2D eigenvalue weighted by molar-refractivity contribution is -0.172. The molecular formula is C19H22N2O3. The van der Waals surface area contributed by atoms with Crippen LogP contribution in [0.15, 0.2) is 24.3 Å². The number of methoxy groups -OCH3 is 1. The maximum atomic E-state index is 12.5. The second-order valence-electron chi connectivity index (χ2n) is 7.52. The Morgan fingerprint density at radius 3 is 2.46 bits per heavy atom. The predicted molar refractivity (Wildman–Crippen MR) is 87.7 cm³/mol. The van der Waals surface area contributed by atoms with Gasteiger partial charge in [-0.2, -0.15) is 4.79 Å². The highest BCUT2D eigenvalue weighted by atomic mass is 16.6. The molecule has 0 amide bonds. The molecule has 5 heteroatoms. The molecule has 1 aromatic rings. The van der Waals surface area contributed by atoms with Gasteiger partial charge in [-0.3, -0.25) is 4.79 Å². The summed E-state index contributed by atoms with van der Waals surface area (Å²) in [5.74, 6) is 2.00. The zero-order chi connectivity index (χ0) is 16.7. The molecule has 1 aromatic carbocycles. The molecule has 4 bridgehead atoms. The number of hydrogen-bond donors (Lipinski definition) is 0. The maximum Gasteiger partial charge on any atom is 0.315 e. The maximum absolute atomic E-state index is 12.5. The van der Waals surface area contributed by atoms with Crippen LogP contribution in [-0.2, 0) is 16.0 Å². The van der Waals surface area contributed by atoms with Gasteiger partial charge in [0.15, 0.2) is 0 Å². The van der Waals surface area contributed by atoms with Gasteiger partial charge in [-0.15, -0.1) is 0 Å². The van der Waals surface area contributed by atoms with E-state index in [9.17, 15) is 10.3 Å². The Morgan fingerprint density at radius 1 is 1.21 bits per heavy atom. The molecule has 0 spiro atoms. The Bertz CT molecular complexity index is 692. The van der Waals surface area contributed by atoms with E-state index in [-0.39, 0.29) is 18.3 Å². The topological polar surface area (TPSA) is 71.9 Å². The summed E-state index contributed by atoms with van der Waals surface area (Å²) in [5, 5.41) is 0. The lowest BCUT2D eigenvalue weighted by Crippen LogP contribution is -2.60. The third-order valence-electron chi connectivity index (χ3n) is 5.92. The van der Waals surface area contributed by atoms with Crippen molar-refractivity contribution in [3.8, 4) is 5.75 Å². The van der Waals surface area contributed by atoms with Crippen LogP contribution in [0.5, 0.6) is 5.75 Å². The smallest absolute Gasteiger partial charge is 0.315 e. The number of ether oxygens (including phenoxy) is 2. The molecule has 2 unspecified atom stereocenters. The molecule has 5 nitrogen and oxygen atoms in total. The normalized spacial score (nSPS) is 33.2. The van der Waals surface area contributed by atoms with Crippen molar-refractivity contribution < 1.29 is 19.1 Å². The van der Waals surface area contributed by atoms with E-state index < -0.39 is 5.60 Å². The van der Waals surface area contributed by atoms with Crippen LogP contribution in [0.3, 0.4) is 0 Å². The van der Waals surface area contributed by atoms with Gasteiger partial charge < -0.3 is 15.0 Å². The first-order valence-electron chi connectivity index (χ1n) is 8.69. The van der Waals surface area contributed by atoms with Crippen molar-refractivity contribution in [2.45, 2.75) is 44.1 Å². The van der Waals surface area contributed by atoms with Gasteiger partial charge in [0.05, 0.1) is 19.4 Å². The summed E-state index contributed by atoms with van der Waals surface area (Å²) < 4.78 is 11.1. The van der Waals surface area contributed by atoms with Crippen LogP contribution in [0.4, 0.5) is 0 Å².